The van der Waals surface area contributed by atoms with Gasteiger partial charge in [-0.15, -0.1) is 0 Å². The standard InChI is InChI=1S/C21H16F3N3O2/c22-14-1-2-19-18(9-14)13(11-26-19)3-4-25-21(28)20-10-17(29-27-20)7-12-5-15(23)8-16(24)6-12/h1-2,5-6,8-11,26H,3-4,7H2,(H,25,28). The number of hydrogen-bond donors (Lipinski definition) is 2. The van der Waals surface area contributed by atoms with Crippen molar-refractivity contribution >= 4 is 16.8 Å². The Bertz CT molecular complexity index is 1160. The summed E-state index contributed by atoms with van der Waals surface area (Å²) < 4.78 is 45.0. The lowest BCUT2D eigenvalue weighted by Gasteiger charge is -2.02. The van der Waals surface area contributed by atoms with Crippen LogP contribution in [0.1, 0.15) is 27.4 Å². The number of carbonyl (C=O) groups excluding carboxylic acids is 1. The molecule has 0 saturated carbocycles. The first-order valence-corrected chi connectivity index (χ1v) is 8.92. The number of aromatic nitrogens is 2. The number of carbonyl (C=O) groups is 1. The fourth-order valence-corrected chi connectivity index (χ4v) is 3.18. The van der Waals surface area contributed by atoms with E-state index in [1.807, 2.05) is 0 Å². The number of amides is 1. The van der Waals surface area contributed by atoms with E-state index < -0.39 is 17.5 Å². The minimum absolute atomic E-state index is 0.0712. The predicted octanol–water partition coefficient (Wildman–Crippen LogP) is 4.14. The maximum atomic E-state index is 13.4. The summed E-state index contributed by atoms with van der Waals surface area (Å²) in [6.07, 6.45) is 2.39. The second-order valence-corrected chi connectivity index (χ2v) is 6.64. The predicted molar refractivity (Wildman–Crippen MR) is 100.0 cm³/mol. The number of fused-ring (bicyclic) bond motifs is 1. The van der Waals surface area contributed by atoms with Gasteiger partial charge < -0.3 is 14.8 Å². The van der Waals surface area contributed by atoms with Crippen molar-refractivity contribution in [1.82, 2.24) is 15.5 Å². The maximum absolute atomic E-state index is 13.4. The Morgan fingerprint density at radius 1 is 1.03 bits per heavy atom. The van der Waals surface area contributed by atoms with Crippen LogP contribution in [0.15, 0.2) is 53.2 Å². The van der Waals surface area contributed by atoms with Crippen molar-refractivity contribution in [2.75, 3.05) is 6.54 Å². The van der Waals surface area contributed by atoms with Crippen LogP contribution in [0, 0.1) is 17.5 Å². The van der Waals surface area contributed by atoms with Crippen LogP contribution in [0.25, 0.3) is 10.9 Å². The molecule has 0 aliphatic heterocycles. The minimum atomic E-state index is -0.686. The van der Waals surface area contributed by atoms with Crippen LogP contribution in [-0.4, -0.2) is 22.6 Å². The van der Waals surface area contributed by atoms with Crippen LogP contribution in [0.5, 0.6) is 0 Å². The summed E-state index contributed by atoms with van der Waals surface area (Å²) >= 11 is 0. The average molecular weight is 399 g/mol. The number of nitrogens with one attached hydrogen (secondary N) is 2. The smallest absolute Gasteiger partial charge is 0.273 e. The molecule has 5 nitrogen and oxygen atoms in total. The monoisotopic (exact) mass is 399 g/mol. The van der Waals surface area contributed by atoms with E-state index in [0.717, 1.165) is 22.5 Å². The van der Waals surface area contributed by atoms with Crippen LogP contribution in [0.4, 0.5) is 13.2 Å². The van der Waals surface area contributed by atoms with Gasteiger partial charge in [0.1, 0.15) is 23.2 Å². The third-order valence-corrected chi connectivity index (χ3v) is 4.50. The quantitative estimate of drug-likeness (QED) is 0.512. The molecule has 8 heteroatoms. The molecule has 0 atom stereocenters. The van der Waals surface area contributed by atoms with Gasteiger partial charge in [0.05, 0.1) is 0 Å². The second kappa shape index (κ2) is 7.83. The lowest BCUT2D eigenvalue weighted by atomic mass is 10.1. The van der Waals surface area contributed by atoms with Crippen LogP contribution in [-0.2, 0) is 12.8 Å². The molecule has 148 valence electrons. The first-order chi connectivity index (χ1) is 14.0. The minimum Gasteiger partial charge on any atom is -0.361 e. The summed E-state index contributed by atoms with van der Waals surface area (Å²) in [6, 6.07) is 9.08. The Hall–Kier alpha value is -3.55. The Labute approximate surface area is 163 Å². The Kier molecular flexibility index (Phi) is 5.07. The summed E-state index contributed by atoms with van der Waals surface area (Å²) in [4.78, 5) is 15.3. The van der Waals surface area contributed by atoms with Crippen molar-refractivity contribution in [3.8, 4) is 0 Å². The van der Waals surface area contributed by atoms with Crippen molar-refractivity contribution in [3.63, 3.8) is 0 Å². The van der Waals surface area contributed by atoms with E-state index in [1.165, 1.54) is 30.3 Å². The summed E-state index contributed by atoms with van der Waals surface area (Å²) in [7, 11) is 0. The number of benzene rings is 2. The van der Waals surface area contributed by atoms with E-state index >= 15 is 0 Å². The lowest BCUT2D eigenvalue weighted by molar-refractivity contribution is 0.0945. The molecule has 0 bridgehead atoms. The lowest BCUT2D eigenvalue weighted by Crippen LogP contribution is -2.25. The molecule has 2 aromatic carbocycles. The Balaban J connectivity index is 1.36. The van der Waals surface area contributed by atoms with Gasteiger partial charge in [-0.05, 0) is 47.9 Å². The summed E-state index contributed by atoms with van der Waals surface area (Å²) in [6.45, 7) is 0.319. The van der Waals surface area contributed by atoms with Gasteiger partial charge in [0.2, 0.25) is 0 Å². The average Bonchev–Trinajstić information content (AvgIpc) is 3.28. The molecule has 29 heavy (non-hydrogen) atoms. The largest absolute Gasteiger partial charge is 0.361 e. The summed E-state index contributed by atoms with van der Waals surface area (Å²) in [5, 5.41) is 7.20. The summed E-state index contributed by atoms with van der Waals surface area (Å²) in [5.74, 6) is -1.82. The molecular formula is C21H16F3N3O2. The topological polar surface area (TPSA) is 70.9 Å². The number of nitrogens with zero attached hydrogens (tertiary/aromatic N) is 1. The molecular weight excluding hydrogens is 383 g/mol. The number of rotatable bonds is 6. The highest BCUT2D eigenvalue weighted by Crippen LogP contribution is 2.19. The van der Waals surface area contributed by atoms with Gasteiger partial charge in [-0.3, -0.25) is 4.79 Å². The highest BCUT2D eigenvalue weighted by Gasteiger charge is 2.14. The first-order valence-electron chi connectivity index (χ1n) is 8.92. The normalized spacial score (nSPS) is 11.1. The third kappa shape index (κ3) is 4.31. The van der Waals surface area contributed by atoms with E-state index in [1.54, 1.807) is 12.3 Å². The molecule has 0 radical (unpaired) electrons. The van der Waals surface area contributed by atoms with Gasteiger partial charge in [-0.25, -0.2) is 13.2 Å². The van der Waals surface area contributed by atoms with Gasteiger partial charge in [0.15, 0.2) is 5.69 Å². The van der Waals surface area contributed by atoms with Crippen molar-refractivity contribution < 1.29 is 22.5 Å². The molecule has 4 aromatic rings. The van der Waals surface area contributed by atoms with Crippen LogP contribution in [0.2, 0.25) is 0 Å². The molecule has 4 rings (SSSR count). The highest BCUT2D eigenvalue weighted by molar-refractivity contribution is 5.92. The Morgan fingerprint density at radius 3 is 2.62 bits per heavy atom. The number of hydrogen-bond acceptors (Lipinski definition) is 3. The van der Waals surface area contributed by atoms with Crippen LogP contribution < -0.4 is 5.32 Å². The van der Waals surface area contributed by atoms with Gasteiger partial charge in [0.25, 0.3) is 5.91 Å². The van der Waals surface area contributed by atoms with Crippen LogP contribution in [0.3, 0.4) is 0 Å². The molecule has 1 amide bonds. The van der Waals surface area contributed by atoms with Crippen molar-refractivity contribution in [3.05, 3.63) is 88.7 Å². The number of aromatic amines is 1. The third-order valence-electron chi connectivity index (χ3n) is 4.50. The van der Waals surface area contributed by atoms with E-state index in [0.29, 0.717) is 24.3 Å². The van der Waals surface area contributed by atoms with Gasteiger partial charge in [-0.1, -0.05) is 5.16 Å². The molecule has 2 aromatic heterocycles. The van der Waals surface area contributed by atoms with Crippen molar-refractivity contribution in [2.24, 2.45) is 0 Å². The molecule has 0 saturated heterocycles. The molecule has 0 aliphatic rings. The van der Waals surface area contributed by atoms with E-state index in [4.69, 9.17) is 4.52 Å². The van der Waals surface area contributed by atoms with Gasteiger partial charge in [-0.2, -0.15) is 0 Å². The zero-order valence-electron chi connectivity index (χ0n) is 15.1. The zero-order valence-corrected chi connectivity index (χ0v) is 15.1. The van der Waals surface area contributed by atoms with E-state index in [9.17, 15) is 18.0 Å². The first kappa shape index (κ1) is 18.8. The fourth-order valence-electron chi connectivity index (χ4n) is 3.18. The number of halogens is 3. The molecule has 2 N–H and O–H groups in total. The number of H-pyrrole nitrogens is 1. The van der Waals surface area contributed by atoms with Gasteiger partial charge in [0, 0.05) is 42.2 Å². The maximum Gasteiger partial charge on any atom is 0.273 e. The summed E-state index contributed by atoms with van der Waals surface area (Å²) in [5.41, 5.74) is 2.15. The Morgan fingerprint density at radius 2 is 1.83 bits per heavy atom. The second-order valence-electron chi connectivity index (χ2n) is 6.64. The molecule has 2 heterocycles. The SMILES string of the molecule is O=C(NCCc1c[nH]c2ccc(F)cc12)c1cc(Cc2cc(F)cc(F)c2)on1. The van der Waals surface area contributed by atoms with Gasteiger partial charge >= 0.3 is 0 Å². The molecule has 0 spiro atoms. The highest BCUT2D eigenvalue weighted by atomic mass is 19.1. The fraction of sp³-hybridized carbons (Fsp3) is 0.143. The zero-order chi connectivity index (χ0) is 20.4. The van der Waals surface area contributed by atoms with E-state index in [2.05, 4.69) is 15.5 Å². The van der Waals surface area contributed by atoms with Crippen molar-refractivity contribution in [1.29, 1.82) is 0 Å². The molecule has 0 aliphatic carbocycles. The molecule has 0 unspecified atom stereocenters. The van der Waals surface area contributed by atoms with Crippen molar-refractivity contribution in [2.45, 2.75) is 12.8 Å². The molecule has 0 fully saturated rings. The van der Waals surface area contributed by atoms with Crippen LogP contribution >= 0.6 is 0 Å². The van der Waals surface area contributed by atoms with E-state index in [-0.39, 0.29) is 17.9 Å².